The molecule has 0 aliphatic heterocycles. The Kier molecular flexibility index (Phi) is 7.70. The van der Waals surface area contributed by atoms with Crippen molar-refractivity contribution in [1.29, 1.82) is 0 Å². The van der Waals surface area contributed by atoms with Crippen molar-refractivity contribution in [3.63, 3.8) is 0 Å². The van der Waals surface area contributed by atoms with Crippen molar-refractivity contribution in [2.75, 3.05) is 5.75 Å². The number of benzene rings is 1. The minimum absolute atomic E-state index is 0.107. The minimum atomic E-state index is 0.107. The first-order chi connectivity index (χ1) is 9.51. The van der Waals surface area contributed by atoms with Gasteiger partial charge >= 0.3 is 0 Å². The zero-order chi connectivity index (χ0) is 15.0. The van der Waals surface area contributed by atoms with Crippen LogP contribution in [0.4, 0.5) is 0 Å². The summed E-state index contributed by atoms with van der Waals surface area (Å²) >= 11 is 1.59. The van der Waals surface area contributed by atoms with E-state index in [2.05, 4.69) is 49.6 Å². The zero-order valence-electron chi connectivity index (χ0n) is 12.9. The molecule has 0 fully saturated rings. The Bertz CT molecular complexity index is 421. The van der Waals surface area contributed by atoms with Crippen molar-refractivity contribution in [3.8, 4) is 0 Å². The van der Waals surface area contributed by atoms with E-state index in [0.717, 1.165) is 17.9 Å². The van der Waals surface area contributed by atoms with Crippen LogP contribution in [0.15, 0.2) is 29.2 Å². The van der Waals surface area contributed by atoms with Gasteiger partial charge < -0.3 is 10.6 Å². The molecule has 0 aliphatic carbocycles. The van der Waals surface area contributed by atoms with Crippen molar-refractivity contribution in [3.05, 3.63) is 29.8 Å². The number of hydrogen-bond donors (Lipinski definition) is 2. The SMILES string of the molecule is CCC(C)NC(=O)CSc1cccc(CNC(C)C)c1. The second kappa shape index (κ2) is 9.03. The lowest BCUT2D eigenvalue weighted by Crippen LogP contribution is -2.33. The lowest BCUT2D eigenvalue weighted by atomic mass is 10.2. The fourth-order valence-corrected chi connectivity index (χ4v) is 2.43. The average molecular weight is 294 g/mol. The van der Waals surface area contributed by atoms with Crippen LogP contribution in [-0.2, 0) is 11.3 Å². The number of carbonyl (C=O) groups excluding carboxylic acids is 1. The number of nitrogens with one attached hydrogen (secondary N) is 2. The fourth-order valence-electron chi connectivity index (χ4n) is 1.63. The highest BCUT2D eigenvalue weighted by Gasteiger charge is 2.06. The maximum Gasteiger partial charge on any atom is 0.230 e. The van der Waals surface area contributed by atoms with Crippen LogP contribution < -0.4 is 10.6 Å². The highest BCUT2D eigenvalue weighted by Crippen LogP contribution is 2.19. The Morgan fingerprint density at radius 1 is 1.30 bits per heavy atom. The molecular formula is C16H26N2OS. The van der Waals surface area contributed by atoms with Gasteiger partial charge in [0.15, 0.2) is 0 Å². The van der Waals surface area contributed by atoms with E-state index in [1.165, 1.54) is 5.56 Å². The van der Waals surface area contributed by atoms with Gasteiger partial charge in [-0.25, -0.2) is 0 Å². The lowest BCUT2D eigenvalue weighted by molar-refractivity contribution is -0.119. The van der Waals surface area contributed by atoms with Crippen LogP contribution in [0.2, 0.25) is 0 Å². The van der Waals surface area contributed by atoms with E-state index in [1.807, 2.05) is 13.0 Å². The second-order valence-electron chi connectivity index (χ2n) is 5.35. The average Bonchev–Trinajstić information content (AvgIpc) is 2.43. The summed E-state index contributed by atoms with van der Waals surface area (Å²) in [6, 6.07) is 9.10. The summed E-state index contributed by atoms with van der Waals surface area (Å²) in [4.78, 5) is 12.9. The molecule has 3 nitrogen and oxygen atoms in total. The molecule has 0 heterocycles. The van der Waals surface area contributed by atoms with Crippen LogP contribution in [0.5, 0.6) is 0 Å². The van der Waals surface area contributed by atoms with Crippen LogP contribution in [0.25, 0.3) is 0 Å². The van der Waals surface area contributed by atoms with E-state index in [0.29, 0.717) is 11.8 Å². The molecule has 112 valence electrons. The second-order valence-corrected chi connectivity index (χ2v) is 6.40. The number of thioether (sulfide) groups is 1. The van der Waals surface area contributed by atoms with Crippen LogP contribution in [0.1, 0.15) is 39.7 Å². The van der Waals surface area contributed by atoms with Crippen molar-refractivity contribution >= 4 is 17.7 Å². The van der Waals surface area contributed by atoms with Gasteiger partial charge in [0.05, 0.1) is 5.75 Å². The van der Waals surface area contributed by atoms with E-state index in [-0.39, 0.29) is 11.9 Å². The first-order valence-electron chi connectivity index (χ1n) is 7.25. The number of carbonyl (C=O) groups is 1. The number of rotatable bonds is 8. The molecule has 0 saturated heterocycles. The topological polar surface area (TPSA) is 41.1 Å². The largest absolute Gasteiger partial charge is 0.353 e. The van der Waals surface area contributed by atoms with Crippen molar-refractivity contribution in [2.24, 2.45) is 0 Å². The third-order valence-corrected chi connectivity index (χ3v) is 4.00. The highest BCUT2D eigenvalue weighted by atomic mass is 32.2. The molecule has 0 radical (unpaired) electrons. The summed E-state index contributed by atoms with van der Waals surface area (Å²) in [7, 11) is 0. The van der Waals surface area contributed by atoms with Gasteiger partial charge in [-0.1, -0.05) is 32.9 Å². The van der Waals surface area contributed by atoms with Gasteiger partial charge in [0.1, 0.15) is 0 Å². The van der Waals surface area contributed by atoms with Gasteiger partial charge in [-0.05, 0) is 31.0 Å². The van der Waals surface area contributed by atoms with Gasteiger partial charge in [-0.3, -0.25) is 4.79 Å². The van der Waals surface area contributed by atoms with Gasteiger partial charge in [0.2, 0.25) is 5.91 Å². The van der Waals surface area contributed by atoms with E-state index >= 15 is 0 Å². The summed E-state index contributed by atoms with van der Waals surface area (Å²) in [5.74, 6) is 0.584. The third kappa shape index (κ3) is 6.96. The minimum Gasteiger partial charge on any atom is -0.353 e. The summed E-state index contributed by atoms with van der Waals surface area (Å²) in [6.07, 6.45) is 0.965. The van der Waals surface area contributed by atoms with E-state index in [1.54, 1.807) is 11.8 Å². The summed E-state index contributed by atoms with van der Waals surface area (Å²) in [5.41, 5.74) is 1.26. The van der Waals surface area contributed by atoms with Crippen molar-refractivity contribution in [1.82, 2.24) is 10.6 Å². The monoisotopic (exact) mass is 294 g/mol. The first-order valence-corrected chi connectivity index (χ1v) is 8.24. The Balaban J connectivity index is 2.43. The Labute approximate surface area is 126 Å². The molecular weight excluding hydrogens is 268 g/mol. The summed E-state index contributed by atoms with van der Waals surface area (Å²) in [5, 5.41) is 6.38. The standard InChI is InChI=1S/C16H26N2OS/c1-5-13(4)18-16(19)11-20-15-8-6-7-14(9-15)10-17-12(2)3/h6-9,12-13,17H,5,10-11H2,1-4H3,(H,18,19). The van der Waals surface area contributed by atoms with Gasteiger partial charge in [-0.2, -0.15) is 0 Å². The molecule has 20 heavy (non-hydrogen) atoms. The smallest absolute Gasteiger partial charge is 0.230 e. The molecule has 0 aliphatic rings. The van der Waals surface area contributed by atoms with Crippen LogP contribution in [-0.4, -0.2) is 23.7 Å². The van der Waals surface area contributed by atoms with Gasteiger partial charge in [0, 0.05) is 23.5 Å². The van der Waals surface area contributed by atoms with Gasteiger partial charge in [0.25, 0.3) is 0 Å². The zero-order valence-corrected chi connectivity index (χ0v) is 13.7. The number of hydrogen-bond acceptors (Lipinski definition) is 3. The molecule has 1 atom stereocenters. The van der Waals surface area contributed by atoms with E-state index in [9.17, 15) is 4.79 Å². The molecule has 1 unspecified atom stereocenters. The normalized spacial score (nSPS) is 12.4. The lowest BCUT2D eigenvalue weighted by Gasteiger charge is -2.11. The molecule has 0 aromatic heterocycles. The van der Waals surface area contributed by atoms with Crippen molar-refractivity contribution < 1.29 is 4.79 Å². The maximum absolute atomic E-state index is 11.7. The maximum atomic E-state index is 11.7. The molecule has 1 aromatic carbocycles. The quantitative estimate of drug-likeness (QED) is 0.724. The Morgan fingerprint density at radius 2 is 2.05 bits per heavy atom. The fraction of sp³-hybridized carbons (Fsp3) is 0.562. The van der Waals surface area contributed by atoms with Crippen molar-refractivity contribution in [2.45, 2.75) is 57.6 Å². The molecule has 0 saturated carbocycles. The van der Waals surface area contributed by atoms with E-state index in [4.69, 9.17) is 0 Å². The number of amides is 1. The predicted molar refractivity (Wildman–Crippen MR) is 87.0 cm³/mol. The summed E-state index contributed by atoms with van der Waals surface area (Å²) in [6.45, 7) is 9.24. The molecule has 4 heteroatoms. The van der Waals surface area contributed by atoms with Crippen LogP contribution in [0, 0.1) is 0 Å². The van der Waals surface area contributed by atoms with Crippen LogP contribution in [0.3, 0.4) is 0 Å². The molecule has 2 N–H and O–H groups in total. The predicted octanol–water partition coefficient (Wildman–Crippen LogP) is 3.19. The highest BCUT2D eigenvalue weighted by molar-refractivity contribution is 8.00. The van der Waals surface area contributed by atoms with E-state index < -0.39 is 0 Å². The first kappa shape index (κ1) is 17.1. The molecule has 1 amide bonds. The molecule has 1 aromatic rings. The van der Waals surface area contributed by atoms with Gasteiger partial charge in [-0.15, -0.1) is 11.8 Å². The third-order valence-electron chi connectivity index (χ3n) is 3.00. The molecule has 0 spiro atoms. The molecule has 0 bridgehead atoms. The Morgan fingerprint density at radius 3 is 2.70 bits per heavy atom. The molecule has 1 rings (SSSR count). The summed E-state index contributed by atoms with van der Waals surface area (Å²) < 4.78 is 0. The van der Waals surface area contributed by atoms with Crippen LogP contribution >= 0.6 is 11.8 Å². The Hall–Kier alpha value is -1.00.